The van der Waals surface area contributed by atoms with Crippen LogP contribution < -0.4 is 20.3 Å². The number of rotatable bonds is 2. The van der Waals surface area contributed by atoms with E-state index in [2.05, 4.69) is 10.6 Å². The number of carbonyl (C=O) groups excluding carboxylic acids is 1. The normalized spacial score (nSPS) is 13.7. The van der Waals surface area contributed by atoms with Crippen molar-refractivity contribution < 1.29 is 22.7 Å². The highest BCUT2D eigenvalue weighted by Crippen LogP contribution is 2.36. The Balaban J connectivity index is 1.87. The van der Waals surface area contributed by atoms with E-state index in [4.69, 9.17) is 4.74 Å². The molecule has 0 saturated carbocycles. The van der Waals surface area contributed by atoms with Gasteiger partial charge in [-0.25, -0.2) is 4.79 Å². The average molecular weight is 351 g/mol. The minimum Gasteiger partial charge on any atom is -0.497 e. The Morgan fingerprint density at radius 1 is 1.24 bits per heavy atom. The number of hydrogen-bond donors (Lipinski definition) is 2. The van der Waals surface area contributed by atoms with Crippen LogP contribution in [0.15, 0.2) is 42.5 Å². The van der Waals surface area contributed by atoms with Crippen LogP contribution in [0.1, 0.15) is 5.56 Å². The van der Waals surface area contributed by atoms with Gasteiger partial charge in [0.2, 0.25) is 0 Å². The lowest BCUT2D eigenvalue weighted by Gasteiger charge is -2.31. The lowest BCUT2D eigenvalue weighted by Crippen LogP contribution is -2.41. The van der Waals surface area contributed by atoms with Crippen LogP contribution in [0.2, 0.25) is 0 Å². The van der Waals surface area contributed by atoms with Gasteiger partial charge in [-0.15, -0.1) is 0 Å². The van der Waals surface area contributed by atoms with Crippen LogP contribution >= 0.6 is 0 Å². The predicted molar refractivity (Wildman–Crippen MR) is 89.3 cm³/mol. The third-order valence-corrected chi connectivity index (χ3v) is 3.86. The second-order valence-corrected chi connectivity index (χ2v) is 5.43. The average Bonchev–Trinajstić information content (AvgIpc) is 2.60. The summed E-state index contributed by atoms with van der Waals surface area (Å²) in [6, 6.07) is 9.39. The number of alkyl halides is 3. The monoisotopic (exact) mass is 351 g/mol. The van der Waals surface area contributed by atoms with Gasteiger partial charge in [-0.2, -0.15) is 13.2 Å². The van der Waals surface area contributed by atoms with Gasteiger partial charge in [0.1, 0.15) is 5.75 Å². The molecule has 1 heterocycles. The lowest BCUT2D eigenvalue weighted by atomic mass is 10.1. The van der Waals surface area contributed by atoms with Gasteiger partial charge < -0.3 is 15.4 Å². The molecule has 0 fully saturated rings. The first kappa shape index (κ1) is 16.9. The Hall–Kier alpha value is -2.90. The van der Waals surface area contributed by atoms with Gasteiger partial charge >= 0.3 is 12.2 Å². The molecule has 3 rings (SSSR count). The molecule has 1 aliphatic rings. The molecule has 0 bridgehead atoms. The maximum atomic E-state index is 13.1. The second kappa shape index (κ2) is 6.54. The Morgan fingerprint density at radius 3 is 2.72 bits per heavy atom. The number of urea groups is 1. The predicted octanol–water partition coefficient (Wildman–Crippen LogP) is 4.18. The summed E-state index contributed by atoms with van der Waals surface area (Å²) in [5.74, 6) is 0.621. The number of nitrogens with one attached hydrogen (secondary N) is 2. The number of para-hydroxylation sites is 1. The standard InChI is InChI=1S/C17H16F3N3O2/c1-25-11-6-7-15-14(10-11)21-8-9-23(15)16(24)22-13-5-3-2-4-12(13)17(18,19)20/h2-7,10,21H,8-9H2,1H3,(H,22,24). The Kier molecular flexibility index (Phi) is 4.43. The number of fused-ring (bicyclic) bond motifs is 1. The molecule has 0 radical (unpaired) electrons. The van der Waals surface area contributed by atoms with Crippen LogP contribution in [0.5, 0.6) is 5.75 Å². The quantitative estimate of drug-likeness (QED) is 0.854. The molecule has 0 saturated heterocycles. The minimum atomic E-state index is -4.54. The van der Waals surface area contributed by atoms with Gasteiger partial charge in [0.25, 0.3) is 0 Å². The maximum Gasteiger partial charge on any atom is 0.418 e. The van der Waals surface area contributed by atoms with Crippen LogP contribution in [-0.4, -0.2) is 26.2 Å². The summed E-state index contributed by atoms with van der Waals surface area (Å²) in [4.78, 5) is 14.0. The zero-order chi connectivity index (χ0) is 18.0. The highest BCUT2D eigenvalue weighted by atomic mass is 19.4. The molecule has 2 aromatic rings. The SMILES string of the molecule is COc1ccc2c(c1)NCCN2C(=O)Nc1ccccc1C(F)(F)F. The summed E-state index contributed by atoms with van der Waals surface area (Å²) in [6.07, 6.45) is -4.54. The lowest BCUT2D eigenvalue weighted by molar-refractivity contribution is -0.136. The fraction of sp³-hybridized carbons (Fsp3) is 0.235. The first-order valence-corrected chi connectivity index (χ1v) is 7.57. The Bertz CT molecular complexity index is 793. The van der Waals surface area contributed by atoms with Crippen LogP contribution in [0, 0.1) is 0 Å². The summed E-state index contributed by atoms with van der Waals surface area (Å²) in [7, 11) is 1.53. The maximum absolute atomic E-state index is 13.1. The van der Waals surface area contributed by atoms with Gasteiger partial charge in [-0.05, 0) is 24.3 Å². The number of ether oxygens (including phenoxy) is 1. The smallest absolute Gasteiger partial charge is 0.418 e. The minimum absolute atomic E-state index is 0.270. The highest BCUT2D eigenvalue weighted by Gasteiger charge is 2.34. The van der Waals surface area contributed by atoms with Gasteiger partial charge in [-0.1, -0.05) is 12.1 Å². The van der Waals surface area contributed by atoms with Crippen LogP contribution in [0.3, 0.4) is 0 Å². The summed E-state index contributed by atoms with van der Waals surface area (Å²) in [5, 5.41) is 5.50. The molecule has 5 nitrogen and oxygen atoms in total. The molecule has 0 spiro atoms. The van der Waals surface area contributed by atoms with E-state index in [0.717, 1.165) is 6.07 Å². The summed E-state index contributed by atoms with van der Waals surface area (Å²) >= 11 is 0. The van der Waals surface area contributed by atoms with Crippen molar-refractivity contribution in [1.82, 2.24) is 0 Å². The molecule has 2 aromatic carbocycles. The molecule has 0 aliphatic carbocycles. The largest absolute Gasteiger partial charge is 0.497 e. The number of amides is 2. The van der Waals surface area contributed by atoms with Gasteiger partial charge in [0.15, 0.2) is 0 Å². The number of hydrogen-bond acceptors (Lipinski definition) is 3. The zero-order valence-electron chi connectivity index (χ0n) is 13.4. The van der Waals surface area contributed by atoms with Crippen molar-refractivity contribution in [2.45, 2.75) is 6.18 Å². The topological polar surface area (TPSA) is 53.6 Å². The molecule has 132 valence electrons. The molecule has 1 aliphatic heterocycles. The third kappa shape index (κ3) is 3.47. The Morgan fingerprint density at radius 2 is 2.00 bits per heavy atom. The fourth-order valence-electron chi connectivity index (χ4n) is 2.67. The molecule has 0 atom stereocenters. The first-order valence-electron chi connectivity index (χ1n) is 7.57. The van der Waals surface area contributed by atoms with E-state index < -0.39 is 17.8 Å². The van der Waals surface area contributed by atoms with Crippen molar-refractivity contribution in [2.24, 2.45) is 0 Å². The number of benzene rings is 2. The molecule has 8 heteroatoms. The van der Waals surface area contributed by atoms with E-state index in [1.807, 2.05) is 0 Å². The van der Waals surface area contributed by atoms with Crippen molar-refractivity contribution in [3.05, 3.63) is 48.0 Å². The van der Waals surface area contributed by atoms with Crippen molar-refractivity contribution in [3.63, 3.8) is 0 Å². The molecular formula is C17H16F3N3O2. The van der Waals surface area contributed by atoms with Crippen molar-refractivity contribution in [1.29, 1.82) is 0 Å². The van der Waals surface area contributed by atoms with Gasteiger partial charge in [-0.3, -0.25) is 4.90 Å². The van der Waals surface area contributed by atoms with E-state index in [-0.39, 0.29) is 5.69 Å². The van der Waals surface area contributed by atoms with Crippen molar-refractivity contribution in [2.75, 3.05) is 35.7 Å². The molecule has 2 amide bonds. The number of methoxy groups -OCH3 is 1. The van der Waals surface area contributed by atoms with Gasteiger partial charge in [0.05, 0.1) is 29.7 Å². The van der Waals surface area contributed by atoms with E-state index in [1.165, 1.54) is 30.2 Å². The van der Waals surface area contributed by atoms with Crippen LogP contribution in [-0.2, 0) is 6.18 Å². The number of halogens is 3. The molecule has 2 N–H and O–H groups in total. The first-order chi connectivity index (χ1) is 11.9. The summed E-state index contributed by atoms with van der Waals surface area (Å²) < 4.78 is 44.4. The molecular weight excluding hydrogens is 335 g/mol. The molecule has 0 unspecified atom stereocenters. The summed E-state index contributed by atoms with van der Waals surface area (Å²) in [5.41, 5.74) is 0.112. The van der Waals surface area contributed by atoms with Crippen LogP contribution in [0.25, 0.3) is 0 Å². The van der Waals surface area contributed by atoms with E-state index in [0.29, 0.717) is 30.2 Å². The van der Waals surface area contributed by atoms with Crippen molar-refractivity contribution in [3.8, 4) is 5.75 Å². The van der Waals surface area contributed by atoms with E-state index in [1.54, 1.807) is 18.2 Å². The Labute approximate surface area is 142 Å². The summed E-state index contributed by atoms with van der Waals surface area (Å²) in [6.45, 7) is 0.813. The highest BCUT2D eigenvalue weighted by molar-refractivity contribution is 6.04. The fourth-order valence-corrected chi connectivity index (χ4v) is 2.67. The number of anilines is 3. The van der Waals surface area contributed by atoms with Crippen molar-refractivity contribution >= 4 is 23.1 Å². The number of carbonyl (C=O) groups is 1. The van der Waals surface area contributed by atoms with Crippen LogP contribution in [0.4, 0.5) is 35.0 Å². The van der Waals surface area contributed by atoms with E-state index >= 15 is 0 Å². The van der Waals surface area contributed by atoms with Gasteiger partial charge in [0, 0.05) is 19.2 Å². The van der Waals surface area contributed by atoms with E-state index in [9.17, 15) is 18.0 Å². The zero-order valence-corrected chi connectivity index (χ0v) is 13.4. The molecule has 0 aromatic heterocycles. The third-order valence-electron chi connectivity index (χ3n) is 3.86. The number of nitrogens with zero attached hydrogens (tertiary/aromatic N) is 1. The molecule has 25 heavy (non-hydrogen) atoms. The second-order valence-electron chi connectivity index (χ2n) is 5.43.